The van der Waals surface area contributed by atoms with Gasteiger partial charge in [-0.05, 0) is 61.0 Å². The molecule has 0 aliphatic rings. The smallest absolute Gasteiger partial charge is 0.124 e. The predicted molar refractivity (Wildman–Crippen MR) is 127 cm³/mol. The number of hydrogen-bond acceptors (Lipinski definition) is 2. The molecule has 3 rings (SSSR count). The molecule has 0 atom stereocenters. The Morgan fingerprint density at radius 3 is 2.07 bits per heavy atom. The molecule has 0 heterocycles. The van der Waals surface area contributed by atoms with Gasteiger partial charge in [-0.1, -0.05) is 74.5 Å². The molecule has 0 aliphatic carbocycles. The summed E-state index contributed by atoms with van der Waals surface area (Å²) in [7, 11) is 0. The van der Waals surface area contributed by atoms with Crippen LogP contribution in [0.4, 0.5) is 0 Å². The van der Waals surface area contributed by atoms with Crippen LogP contribution in [0.25, 0.3) is 0 Å². The molecule has 0 saturated heterocycles. The van der Waals surface area contributed by atoms with E-state index in [1.54, 1.807) is 18.2 Å². The predicted octanol–water partition coefficient (Wildman–Crippen LogP) is 7.97. The molecule has 0 bridgehead atoms. The average Bonchev–Trinajstić information content (AvgIpc) is 2.67. The topological polar surface area (TPSA) is 21.3 Å². The Balaban J connectivity index is 1.59. The van der Waals surface area contributed by atoms with Gasteiger partial charge < -0.3 is 10.1 Å². The molecule has 29 heavy (non-hydrogen) atoms. The molecular formula is C22H18BrCl4NO. The zero-order chi connectivity index (χ0) is 20.8. The maximum absolute atomic E-state index is 6.24. The van der Waals surface area contributed by atoms with Gasteiger partial charge in [0.25, 0.3) is 0 Å². The minimum absolute atomic E-state index is 0.366. The molecular weight excluding hydrogens is 516 g/mol. The number of hydrogen-bond donors (Lipinski definition) is 1. The van der Waals surface area contributed by atoms with E-state index in [0.29, 0.717) is 33.2 Å². The standard InChI is InChI=1S/C22H18BrCl4NO/c23-17-3-6-22(29-13-15-2-5-19(25)11-21(15)27)16(9-17)12-28-8-7-14-1-4-18(24)10-20(14)26/h1-6,9-11,28H,7-8,12-13H2. The molecule has 3 aromatic rings. The first-order valence-electron chi connectivity index (χ1n) is 8.92. The van der Waals surface area contributed by atoms with Gasteiger partial charge in [-0.3, -0.25) is 0 Å². The summed E-state index contributed by atoms with van der Waals surface area (Å²) in [5.74, 6) is 0.802. The Kier molecular flexibility index (Phi) is 8.55. The van der Waals surface area contributed by atoms with E-state index >= 15 is 0 Å². The molecule has 0 spiro atoms. The largest absolute Gasteiger partial charge is 0.489 e. The van der Waals surface area contributed by atoms with Crippen LogP contribution < -0.4 is 10.1 Å². The second kappa shape index (κ2) is 10.9. The maximum Gasteiger partial charge on any atom is 0.124 e. The maximum atomic E-state index is 6.24. The summed E-state index contributed by atoms with van der Waals surface area (Å²) in [5, 5.41) is 5.96. The first-order valence-corrected chi connectivity index (χ1v) is 11.2. The van der Waals surface area contributed by atoms with Crippen molar-refractivity contribution < 1.29 is 4.74 Å². The van der Waals surface area contributed by atoms with Crippen molar-refractivity contribution in [3.63, 3.8) is 0 Å². The van der Waals surface area contributed by atoms with Crippen LogP contribution in [-0.2, 0) is 19.6 Å². The average molecular weight is 534 g/mol. The third kappa shape index (κ3) is 6.78. The summed E-state index contributed by atoms with van der Waals surface area (Å²) in [6.07, 6.45) is 0.806. The molecule has 152 valence electrons. The second-order valence-corrected chi connectivity index (χ2v) is 9.04. The third-order valence-corrected chi connectivity index (χ3v) is 5.99. The van der Waals surface area contributed by atoms with Crippen LogP contribution in [0.3, 0.4) is 0 Å². The molecule has 0 amide bonds. The van der Waals surface area contributed by atoms with Crippen molar-refractivity contribution in [3.8, 4) is 5.75 Å². The van der Waals surface area contributed by atoms with Gasteiger partial charge in [0.05, 0.1) is 0 Å². The number of halogens is 5. The minimum Gasteiger partial charge on any atom is -0.489 e. The van der Waals surface area contributed by atoms with Crippen LogP contribution in [-0.4, -0.2) is 6.54 Å². The summed E-state index contributed by atoms with van der Waals surface area (Å²) >= 11 is 27.9. The molecule has 0 radical (unpaired) electrons. The van der Waals surface area contributed by atoms with E-state index in [4.69, 9.17) is 51.1 Å². The summed E-state index contributed by atoms with van der Waals surface area (Å²) in [4.78, 5) is 0. The quantitative estimate of drug-likeness (QED) is 0.296. The highest BCUT2D eigenvalue weighted by Gasteiger charge is 2.08. The molecule has 1 N–H and O–H groups in total. The van der Waals surface area contributed by atoms with Crippen molar-refractivity contribution in [2.75, 3.05) is 6.54 Å². The van der Waals surface area contributed by atoms with Gasteiger partial charge in [-0.2, -0.15) is 0 Å². The van der Waals surface area contributed by atoms with E-state index in [0.717, 1.165) is 39.9 Å². The lowest BCUT2D eigenvalue weighted by atomic mass is 10.1. The summed E-state index contributed by atoms with van der Waals surface area (Å²) in [6, 6.07) is 16.9. The molecule has 0 unspecified atom stereocenters. The lowest BCUT2D eigenvalue weighted by Crippen LogP contribution is -2.17. The Hall–Kier alpha value is -0.940. The Labute approximate surface area is 199 Å². The van der Waals surface area contributed by atoms with Crippen molar-refractivity contribution in [3.05, 3.63) is 95.9 Å². The highest BCUT2D eigenvalue weighted by atomic mass is 79.9. The van der Waals surface area contributed by atoms with Gasteiger partial charge in [0.1, 0.15) is 12.4 Å². The van der Waals surface area contributed by atoms with Crippen LogP contribution in [0.5, 0.6) is 5.75 Å². The van der Waals surface area contributed by atoms with Gasteiger partial charge in [0, 0.05) is 42.2 Å². The number of benzene rings is 3. The molecule has 2 nitrogen and oxygen atoms in total. The Bertz CT molecular complexity index is 997. The molecule has 7 heteroatoms. The van der Waals surface area contributed by atoms with Crippen molar-refractivity contribution >= 4 is 62.3 Å². The number of rotatable bonds is 8. The van der Waals surface area contributed by atoms with Gasteiger partial charge in [0.2, 0.25) is 0 Å². The van der Waals surface area contributed by atoms with Crippen LogP contribution in [0.2, 0.25) is 20.1 Å². The summed E-state index contributed by atoms with van der Waals surface area (Å²) < 4.78 is 7.01. The second-order valence-electron chi connectivity index (χ2n) is 6.44. The summed E-state index contributed by atoms with van der Waals surface area (Å²) in [5.41, 5.74) is 2.99. The van der Waals surface area contributed by atoms with Crippen LogP contribution >= 0.6 is 62.3 Å². The van der Waals surface area contributed by atoms with E-state index in [2.05, 4.69) is 21.2 Å². The van der Waals surface area contributed by atoms with Gasteiger partial charge in [-0.15, -0.1) is 0 Å². The minimum atomic E-state index is 0.366. The Morgan fingerprint density at radius 2 is 1.41 bits per heavy atom. The lowest BCUT2D eigenvalue weighted by Gasteiger charge is -2.14. The SMILES string of the molecule is Clc1ccc(CCNCc2cc(Br)ccc2OCc2ccc(Cl)cc2Cl)c(Cl)c1. The van der Waals surface area contributed by atoms with Crippen LogP contribution in [0, 0.1) is 0 Å². The molecule has 3 aromatic carbocycles. The van der Waals surface area contributed by atoms with E-state index in [1.807, 2.05) is 36.4 Å². The normalized spacial score (nSPS) is 10.9. The molecule has 0 saturated carbocycles. The number of ether oxygens (including phenoxy) is 1. The van der Waals surface area contributed by atoms with Crippen molar-refractivity contribution in [2.45, 2.75) is 19.6 Å². The van der Waals surface area contributed by atoms with Crippen LogP contribution in [0.15, 0.2) is 59.1 Å². The first kappa shape index (κ1) is 22.7. The summed E-state index contributed by atoms with van der Waals surface area (Å²) in [6.45, 7) is 1.80. The fraction of sp³-hybridized carbons (Fsp3) is 0.182. The van der Waals surface area contributed by atoms with E-state index < -0.39 is 0 Å². The Morgan fingerprint density at radius 1 is 0.759 bits per heavy atom. The lowest BCUT2D eigenvalue weighted by molar-refractivity contribution is 0.302. The van der Waals surface area contributed by atoms with Gasteiger partial charge in [-0.25, -0.2) is 0 Å². The zero-order valence-electron chi connectivity index (χ0n) is 15.3. The van der Waals surface area contributed by atoms with E-state index in [9.17, 15) is 0 Å². The monoisotopic (exact) mass is 531 g/mol. The molecule has 0 fully saturated rings. The third-order valence-electron chi connectivity index (χ3n) is 4.32. The van der Waals surface area contributed by atoms with Gasteiger partial charge >= 0.3 is 0 Å². The van der Waals surface area contributed by atoms with E-state index in [-0.39, 0.29) is 0 Å². The van der Waals surface area contributed by atoms with Crippen molar-refractivity contribution in [1.29, 1.82) is 0 Å². The molecule has 0 aliphatic heterocycles. The van der Waals surface area contributed by atoms with Crippen molar-refractivity contribution in [2.24, 2.45) is 0 Å². The molecule has 0 aromatic heterocycles. The highest BCUT2D eigenvalue weighted by molar-refractivity contribution is 9.10. The van der Waals surface area contributed by atoms with Crippen LogP contribution in [0.1, 0.15) is 16.7 Å². The first-order chi connectivity index (χ1) is 13.9. The van der Waals surface area contributed by atoms with Crippen molar-refractivity contribution in [1.82, 2.24) is 5.32 Å². The van der Waals surface area contributed by atoms with Gasteiger partial charge in [0.15, 0.2) is 0 Å². The zero-order valence-corrected chi connectivity index (χ0v) is 19.9. The van der Waals surface area contributed by atoms with E-state index in [1.165, 1.54) is 0 Å². The number of nitrogens with one attached hydrogen (secondary N) is 1. The fourth-order valence-corrected chi connectivity index (χ4v) is 4.17. The highest BCUT2D eigenvalue weighted by Crippen LogP contribution is 2.27. The fourth-order valence-electron chi connectivity index (χ4n) is 2.79.